The molecule has 0 aromatic heterocycles. The van der Waals surface area contributed by atoms with E-state index in [0.29, 0.717) is 19.6 Å². The molecule has 0 aromatic rings. The summed E-state index contributed by atoms with van der Waals surface area (Å²) in [5.41, 5.74) is 0. The molecule has 1 unspecified atom stereocenters. The molecule has 0 fully saturated rings. The zero-order valence-electron chi connectivity index (χ0n) is 9.95. The number of hydrogen-bond acceptors (Lipinski definition) is 4. The number of ether oxygens (including phenoxy) is 1. The van der Waals surface area contributed by atoms with Crippen LogP contribution in [0.4, 0.5) is 0 Å². The topological polar surface area (TPSA) is 55.4 Å². The van der Waals surface area contributed by atoms with Crippen molar-refractivity contribution in [1.29, 1.82) is 0 Å². The second-order valence-electron chi connectivity index (χ2n) is 3.66. The van der Waals surface area contributed by atoms with Crippen molar-refractivity contribution in [2.75, 3.05) is 31.8 Å². The summed E-state index contributed by atoms with van der Waals surface area (Å²) in [6.07, 6.45) is 2.81. The third-order valence-corrected chi connectivity index (χ3v) is 3.12. The Morgan fingerprint density at radius 3 is 2.40 bits per heavy atom. The number of rotatable bonds is 9. The smallest absolute Gasteiger partial charge is 0.147 e. The normalized spacial score (nSPS) is 14.1. The van der Waals surface area contributed by atoms with Gasteiger partial charge in [0.2, 0.25) is 0 Å². The number of sulfone groups is 1. The van der Waals surface area contributed by atoms with Gasteiger partial charge in [-0.1, -0.05) is 6.92 Å². The van der Waals surface area contributed by atoms with Crippen LogP contribution in [0, 0.1) is 0 Å². The molecule has 0 bridgehead atoms. The molecule has 0 radical (unpaired) electrons. The van der Waals surface area contributed by atoms with Gasteiger partial charge in [0.15, 0.2) is 0 Å². The van der Waals surface area contributed by atoms with Crippen LogP contribution in [0.25, 0.3) is 0 Å². The molecule has 0 saturated carbocycles. The molecule has 0 aliphatic rings. The first kappa shape index (κ1) is 14.9. The second-order valence-corrected chi connectivity index (χ2v) is 5.92. The Morgan fingerprint density at radius 1 is 1.27 bits per heavy atom. The second kappa shape index (κ2) is 8.07. The molecule has 0 aromatic carbocycles. The molecular weight excluding hydrogens is 214 g/mol. The Kier molecular flexibility index (Phi) is 8.00. The quantitative estimate of drug-likeness (QED) is 0.603. The Bertz CT molecular complexity index is 239. The van der Waals surface area contributed by atoms with Crippen LogP contribution in [0.3, 0.4) is 0 Å². The SMILES string of the molecule is CCNC(CCOCC)CCS(C)(=O)=O. The van der Waals surface area contributed by atoms with Gasteiger partial charge in [0, 0.05) is 25.5 Å². The molecule has 1 atom stereocenters. The zero-order chi connectivity index (χ0) is 11.7. The summed E-state index contributed by atoms with van der Waals surface area (Å²) >= 11 is 0. The fraction of sp³-hybridized carbons (Fsp3) is 1.00. The largest absolute Gasteiger partial charge is 0.382 e. The number of hydrogen-bond donors (Lipinski definition) is 1. The van der Waals surface area contributed by atoms with Gasteiger partial charge in [-0.15, -0.1) is 0 Å². The van der Waals surface area contributed by atoms with Crippen molar-refractivity contribution in [3.05, 3.63) is 0 Å². The summed E-state index contributed by atoms with van der Waals surface area (Å²) in [7, 11) is -2.85. The summed E-state index contributed by atoms with van der Waals surface area (Å²) in [4.78, 5) is 0. The Hall–Kier alpha value is -0.130. The van der Waals surface area contributed by atoms with E-state index in [4.69, 9.17) is 4.74 Å². The molecule has 0 aliphatic carbocycles. The highest BCUT2D eigenvalue weighted by atomic mass is 32.2. The first-order valence-electron chi connectivity index (χ1n) is 5.48. The minimum absolute atomic E-state index is 0.247. The average Bonchev–Trinajstić information content (AvgIpc) is 2.13. The molecule has 0 heterocycles. The van der Waals surface area contributed by atoms with Crippen LogP contribution in [-0.4, -0.2) is 46.2 Å². The Morgan fingerprint density at radius 2 is 1.93 bits per heavy atom. The highest BCUT2D eigenvalue weighted by molar-refractivity contribution is 7.90. The third kappa shape index (κ3) is 10.2. The van der Waals surface area contributed by atoms with Gasteiger partial charge in [-0.05, 0) is 26.3 Å². The highest BCUT2D eigenvalue weighted by Gasteiger charge is 2.10. The van der Waals surface area contributed by atoms with Gasteiger partial charge in [-0.25, -0.2) is 8.42 Å². The van der Waals surface area contributed by atoms with Gasteiger partial charge in [0.05, 0.1) is 5.75 Å². The van der Waals surface area contributed by atoms with Gasteiger partial charge in [-0.3, -0.25) is 0 Å². The van der Waals surface area contributed by atoms with Gasteiger partial charge in [0.25, 0.3) is 0 Å². The van der Waals surface area contributed by atoms with Crippen molar-refractivity contribution in [1.82, 2.24) is 5.32 Å². The Labute approximate surface area is 93.3 Å². The summed E-state index contributed by atoms with van der Waals surface area (Å²) < 4.78 is 27.3. The van der Waals surface area contributed by atoms with E-state index in [2.05, 4.69) is 5.32 Å². The summed E-state index contributed by atoms with van der Waals surface area (Å²) in [6.45, 7) is 6.25. The third-order valence-electron chi connectivity index (χ3n) is 2.14. The van der Waals surface area contributed by atoms with Crippen LogP contribution >= 0.6 is 0 Å². The van der Waals surface area contributed by atoms with Crippen LogP contribution in [0.15, 0.2) is 0 Å². The molecule has 1 N–H and O–H groups in total. The van der Waals surface area contributed by atoms with Crippen LogP contribution in [0.1, 0.15) is 26.7 Å². The van der Waals surface area contributed by atoms with Crippen molar-refractivity contribution >= 4 is 9.84 Å². The summed E-state index contributed by atoms with van der Waals surface area (Å²) in [5.74, 6) is 0.247. The lowest BCUT2D eigenvalue weighted by atomic mass is 10.1. The maximum absolute atomic E-state index is 11.0. The molecule has 4 nitrogen and oxygen atoms in total. The Balaban J connectivity index is 3.82. The summed E-state index contributed by atoms with van der Waals surface area (Å²) in [5, 5.41) is 3.27. The number of nitrogens with one attached hydrogen (secondary N) is 1. The van der Waals surface area contributed by atoms with E-state index in [-0.39, 0.29) is 11.8 Å². The predicted octanol–water partition coefficient (Wildman–Crippen LogP) is 0.826. The van der Waals surface area contributed by atoms with Gasteiger partial charge in [-0.2, -0.15) is 0 Å². The lowest BCUT2D eigenvalue weighted by Crippen LogP contribution is -2.32. The molecule has 0 spiro atoms. The fourth-order valence-electron chi connectivity index (χ4n) is 1.36. The molecule has 5 heteroatoms. The van der Waals surface area contributed by atoms with E-state index >= 15 is 0 Å². The van der Waals surface area contributed by atoms with Crippen LogP contribution in [-0.2, 0) is 14.6 Å². The molecule has 92 valence electrons. The van der Waals surface area contributed by atoms with Crippen molar-refractivity contribution in [3.8, 4) is 0 Å². The van der Waals surface area contributed by atoms with Crippen molar-refractivity contribution in [2.24, 2.45) is 0 Å². The molecule has 0 rings (SSSR count). The van der Waals surface area contributed by atoms with Crippen molar-refractivity contribution < 1.29 is 13.2 Å². The highest BCUT2D eigenvalue weighted by Crippen LogP contribution is 2.01. The van der Waals surface area contributed by atoms with E-state index < -0.39 is 9.84 Å². The molecule has 0 saturated heterocycles. The average molecular weight is 237 g/mol. The zero-order valence-corrected chi connectivity index (χ0v) is 10.8. The molecule has 15 heavy (non-hydrogen) atoms. The van der Waals surface area contributed by atoms with Gasteiger partial charge in [0.1, 0.15) is 9.84 Å². The first-order valence-corrected chi connectivity index (χ1v) is 7.54. The van der Waals surface area contributed by atoms with E-state index in [0.717, 1.165) is 13.0 Å². The van der Waals surface area contributed by atoms with Gasteiger partial charge >= 0.3 is 0 Å². The van der Waals surface area contributed by atoms with E-state index in [1.165, 1.54) is 6.26 Å². The molecule has 0 amide bonds. The van der Waals surface area contributed by atoms with Gasteiger partial charge < -0.3 is 10.1 Å². The standard InChI is InChI=1S/C10H23NO3S/c1-4-11-10(6-8-14-5-2)7-9-15(3,12)13/h10-11H,4-9H2,1-3H3. The monoisotopic (exact) mass is 237 g/mol. The lowest BCUT2D eigenvalue weighted by Gasteiger charge is -2.17. The maximum atomic E-state index is 11.0. The van der Waals surface area contributed by atoms with E-state index in [9.17, 15) is 8.42 Å². The first-order chi connectivity index (χ1) is 6.99. The minimum Gasteiger partial charge on any atom is -0.382 e. The fourth-order valence-corrected chi connectivity index (χ4v) is 2.08. The van der Waals surface area contributed by atoms with Crippen LogP contribution < -0.4 is 5.32 Å². The van der Waals surface area contributed by atoms with Crippen LogP contribution in [0.2, 0.25) is 0 Å². The van der Waals surface area contributed by atoms with Crippen molar-refractivity contribution in [2.45, 2.75) is 32.7 Å². The van der Waals surface area contributed by atoms with E-state index in [1.54, 1.807) is 0 Å². The maximum Gasteiger partial charge on any atom is 0.147 e. The summed E-state index contributed by atoms with van der Waals surface area (Å²) in [6, 6.07) is 0.247. The molecule has 0 aliphatic heterocycles. The lowest BCUT2D eigenvalue weighted by molar-refractivity contribution is 0.136. The predicted molar refractivity (Wildman–Crippen MR) is 62.9 cm³/mol. The molecular formula is C10H23NO3S. The van der Waals surface area contributed by atoms with E-state index in [1.807, 2.05) is 13.8 Å². The van der Waals surface area contributed by atoms with Crippen molar-refractivity contribution in [3.63, 3.8) is 0 Å². The minimum atomic E-state index is -2.85. The van der Waals surface area contributed by atoms with Crippen LogP contribution in [0.5, 0.6) is 0 Å².